The number of rotatable bonds is 2. The molecule has 33 heavy (non-hydrogen) atoms. The van der Waals surface area contributed by atoms with Crippen molar-refractivity contribution in [2.45, 2.75) is 112 Å². The van der Waals surface area contributed by atoms with E-state index in [4.69, 9.17) is 0 Å². The number of carbonyl (C=O) groups is 1. The van der Waals surface area contributed by atoms with E-state index >= 15 is 0 Å². The highest BCUT2D eigenvalue weighted by Crippen LogP contribution is 2.75. The molecule has 8 unspecified atom stereocenters. The highest BCUT2D eigenvalue weighted by atomic mass is 16.4. The Morgan fingerprint density at radius 1 is 0.970 bits per heavy atom. The van der Waals surface area contributed by atoms with Crippen molar-refractivity contribution in [2.24, 2.45) is 55.9 Å². The van der Waals surface area contributed by atoms with Gasteiger partial charge in [0, 0.05) is 0 Å². The lowest BCUT2D eigenvalue weighted by Gasteiger charge is -2.71. The molecule has 5 rings (SSSR count). The van der Waals surface area contributed by atoms with Gasteiger partial charge in [-0.3, -0.25) is 4.79 Å². The van der Waals surface area contributed by atoms with E-state index in [-0.39, 0.29) is 33.6 Å². The molecule has 5 aliphatic rings. The standard InChI is InChI=1S/C29H45NO3/c1-18-8-7-13-29(24(31)32)17-16-27(5)19(23(18)29)9-10-21-26(4)14-12-22(30-33)25(2,3)20(26)11-15-28(21,27)6/h9,18,20-23H,7-8,10-17H2,1-6H3,(H,31,32)/t18?,20?,21?,22?,23?,26?,27-,28?,29?/m1/s1. The molecule has 0 aromatic carbocycles. The van der Waals surface area contributed by atoms with Crippen LogP contribution in [0.25, 0.3) is 0 Å². The van der Waals surface area contributed by atoms with Crippen molar-refractivity contribution in [3.63, 3.8) is 0 Å². The lowest BCUT2D eigenvalue weighted by Crippen LogP contribution is -2.65. The second-order valence-corrected chi connectivity index (χ2v) is 14.1. The van der Waals surface area contributed by atoms with Gasteiger partial charge in [0.2, 0.25) is 0 Å². The number of carboxylic acids is 1. The van der Waals surface area contributed by atoms with Gasteiger partial charge in [-0.25, -0.2) is 0 Å². The molecule has 0 bridgehead atoms. The van der Waals surface area contributed by atoms with Gasteiger partial charge >= 0.3 is 5.97 Å². The molecule has 4 saturated carbocycles. The van der Waals surface area contributed by atoms with Crippen LogP contribution in [0.2, 0.25) is 0 Å². The SMILES string of the molecule is CC1CCCC2(C(=O)O)CC[C@]3(C)C(=CCC4C5(C)CCC(N=O)C(C)(C)C5CCC43C)C12. The highest BCUT2D eigenvalue weighted by molar-refractivity contribution is 5.76. The summed E-state index contributed by atoms with van der Waals surface area (Å²) in [6.45, 7) is 14.5. The molecular formula is C29H45NO3. The Morgan fingerprint density at radius 2 is 1.70 bits per heavy atom. The Balaban J connectivity index is 1.60. The number of hydrogen-bond acceptors (Lipinski definition) is 3. The summed E-state index contributed by atoms with van der Waals surface area (Å²) in [5.74, 6) is 1.19. The molecule has 4 nitrogen and oxygen atoms in total. The molecule has 0 radical (unpaired) electrons. The summed E-state index contributed by atoms with van der Waals surface area (Å²) in [5.41, 5.74) is 1.37. The summed E-state index contributed by atoms with van der Waals surface area (Å²) in [5, 5.41) is 14.0. The van der Waals surface area contributed by atoms with Crippen molar-refractivity contribution in [1.29, 1.82) is 0 Å². The number of nitrogens with zero attached hydrogens (tertiary/aromatic N) is 1. The third kappa shape index (κ3) is 2.73. The average molecular weight is 456 g/mol. The summed E-state index contributed by atoms with van der Waals surface area (Å²) in [6.07, 6.45) is 12.8. The van der Waals surface area contributed by atoms with Gasteiger partial charge in [-0.15, -0.1) is 0 Å². The van der Waals surface area contributed by atoms with Crippen LogP contribution < -0.4 is 0 Å². The number of aliphatic carboxylic acids is 1. The molecule has 5 aliphatic carbocycles. The molecule has 0 amide bonds. The third-order valence-corrected chi connectivity index (χ3v) is 12.9. The summed E-state index contributed by atoms with van der Waals surface area (Å²) in [4.78, 5) is 24.4. The van der Waals surface area contributed by atoms with Crippen LogP contribution in [0.3, 0.4) is 0 Å². The zero-order valence-corrected chi connectivity index (χ0v) is 21.7. The zero-order chi connectivity index (χ0) is 24.0. The van der Waals surface area contributed by atoms with Crippen molar-refractivity contribution in [3.8, 4) is 0 Å². The van der Waals surface area contributed by atoms with Crippen LogP contribution in [0.1, 0.15) is 106 Å². The number of carboxylic acid groups (broad SMARTS) is 1. The molecule has 0 aromatic heterocycles. The van der Waals surface area contributed by atoms with E-state index in [1.165, 1.54) is 12.0 Å². The summed E-state index contributed by atoms with van der Waals surface area (Å²) in [6, 6.07) is -0.0702. The molecule has 0 aliphatic heterocycles. The van der Waals surface area contributed by atoms with Gasteiger partial charge in [-0.2, -0.15) is 4.91 Å². The summed E-state index contributed by atoms with van der Waals surface area (Å²) >= 11 is 0. The van der Waals surface area contributed by atoms with E-state index in [2.05, 4.69) is 52.8 Å². The molecular weight excluding hydrogens is 410 g/mol. The number of nitroso groups, excluding NO2 is 1. The Bertz CT molecular complexity index is 893. The van der Waals surface area contributed by atoms with Crippen molar-refractivity contribution in [2.75, 3.05) is 0 Å². The summed E-state index contributed by atoms with van der Waals surface area (Å²) < 4.78 is 0. The molecule has 4 heteroatoms. The predicted molar refractivity (Wildman–Crippen MR) is 132 cm³/mol. The van der Waals surface area contributed by atoms with Crippen molar-refractivity contribution in [1.82, 2.24) is 0 Å². The minimum Gasteiger partial charge on any atom is -0.481 e. The first kappa shape index (κ1) is 23.5. The molecule has 4 fully saturated rings. The van der Waals surface area contributed by atoms with Gasteiger partial charge in [-0.05, 0) is 96.7 Å². The molecule has 0 aromatic rings. The van der Waals surface area contributed by atoms with Gasteiger partial charge < -0.3 is 5.11 Å². The second kappa shape index (κ2) is 7.17. The van der Waals surface area contributed by atoms with Crippen molar-refractivity contribution in [3.05, 3.63) is 16.6 Å². The lowest BCUT2D eigenvalue weighted by molar-refractivity contribution is -0.190. The Hall–Kier alpha value is -1.19. The van der Waals surface area contributed by atoms with Gasteiger partial charge in [-0.1, -0.05) is 71.2 Å². The number of allylic oxidation sites excluding steroid dienone is 2. The van der Waals surface area contributed by atoms with Gasteiger partial charge in [0.05, 0.1) is 11.5 Å². The maximum atomic E-state index is 12.7. The van der Waals surface area contributed by atoms with Crippen molar-refractivity contribution >= 4 is 5.97 Å². The van der Waals surface area contributed by atoms with E-state index in [9.17, 15) is 14.8 Å². The minimum absolute atomic E-state index is 0.0517. The van der Waals surface area contributed by atoms with E-state index in [0.717, 1.165) is 57.8 Å². The number of fused-ring (bicyclic) bond motifs is 7. The summed E-state index contributed by atoms with van der Waals surface area (Å²) in [7, 11) is 0. The van der Waals surface area contributed by atoms with Gasteiger partial charge in [0.1, 0.15) is 0 Å². The van der Waals surface area contributed by atoms with Gasteiger partial charge in [0.25, 0.3) is 0 Å². The minimum atomic E-state index is -0.553. The predicted octanol–water partition coefficient (Wildman–Crippen LogP) is 7.62. The van der Waals surface area contributed by atoms with Crippen LogP contribution >= 0.6 is 0 Å². The van der Waals surface area contributed by atoms with E-state index in [1.807, 2.05) is 0 Å². The lowest BCUT2D eigenvalue weighted by atomic mass is 9.33. The maximum absolute atomic E-state index is 12.7. The van der Waals surface area contributed by atoms with Crippen LogP contribution in [0.15, 0.2) is 16.8 Å². The normalized spacial score (nSPS) is 52.9. The average Bonchev–Trinajstić information content (AvgIpc) is 2.74. The fourth-order valence-corrected chi connectivity index (χ4v) is 10.9. The highest BCUT2D eigenvalue weighted by Gasteiger charge is 2.69. The third-order valence-electron chi connectivity index (χ3n) is 12.9. The first-order chi connectivity index (χ1) is 15.4. The number of hydrogen-bond donors (Lipinski definition) is 1. The Labute approximate surface area is 200 Å². The van der Waals surface area contributed by atoms with Crippen LogP contribution in [-0.2, 0) is 4.79 Å². The largest absolute Gasteiger partial charge is 0.481 e. The molecule has 0 spiro atoms. The zero-order valence-electron chi connectivity index (χ0n) is 21.7. The fraction of sp³-hybridized carbons (Fsp3) is 0.897. The molecule has 1 N–H and O–H groups in total. The Morgan fingerprint density at radius 3 is 2.36 bits per heavy atom. The Kier molecular flexibility index (Phi) is 5.11. The van der Waals surface area contributed by atoms with E-state index in [1.54, 1.807) is 0 Å². The van der Waals surface area contributed by atoms with Crippen LogP contribution in [0, 0.1) is 55.7 Å². The quantitative estimate of drug-likeness (QED) is 0.344. The van der Waals surface area contributed by atoms with Crippen molar-refractivity contribution < 1.29 is 9.90 Å². The van der Waals surface area contributed by atoms with E-state index < -0.39 is 11.4 Å². The first-order valence-corrected chi connectivity index (χ1v) is 13.6. The smallest absolute Gasteiger partial charge is 0.310 e. The second-order valence-electron chi connectivity index (χ2n) is 14.1. The molecule has 184 valence electrons. The maximum Gasteiger partial charge on any atom is 0.310 e. The van der Waals surface area contributed by atoms with Gasteiger partial charge in [0.15, 0.2) is 0 Å². The topological polar surface area (TPSA) is 66.7 Å². The van der Waals surface area contributed by atoms with E-state index in [0.29, 0.717) is 17.8 Å². The van der Waals surface area contributed by atoms with Crippen LogP contribution in [-0.4, -0.2) is 17.1 Å². The molecule has 9 atom stereocenters. The molecule has 0 saturated heterocycles. The van der Waals surface area contributed by atoms with Crippen LogP contribution in [0.4, 0.5) is 0 Å². The first-order valence-electron chi connectivity index (χ1n) is 13.6. The van der Waals surface area contributed by atoms with Crippen LogP contribution in [0.5, 0.6) is 0 Å². The monoisotopic (exact) mass is 455 g/mol. The molecule has 0 heterocycles. The fourth-order valence-electron chi connectivity index (χ4n) is 10.9.